The van der Waals surface area contributed by atoms with Gasteiger partial charge in [0.15, 0.2) is 23.0 Å². The monoisotopic (exact) mass is 494 g/mol. The number of hydrogen-bond donors (Lipinski definition) is 4. The van der Waals surface area contributed by atoms with E-state index in [4.69, 9.17) is 39.5 Å². The number of fused-ring (bicyclic) bond motifs is 1. The van der Waals surface area contributed by atoms with Crippen LogP contribution in [-0.4, -0.2) is 70.7 Å². The van der Waals surface area contributed by atoms with Gasteiger partial charge in [0.1, 0.15) is 12.2 Å². The number of rotatable bonds is 5. The average molecular weight is 496 g/mol. The van der Waals surface area contributed by atoms with E-state index in [-0.39, 0.29) is 21.1 Å². The lowest BCUT2D eigenvalue weighted by molar-refractivity contribution is -0.315. The molecular weight excluding hydrogens is 479 g/mol. The Bertz CT molecular complexity index is 1140. The van der Waals surface area contributed by atoms with Crippen molar-refractivity contribution in [1.29, 1.82) is 0 Å². The van der Waals surface area contributed by atoms with Crippen LogP contribution in [-0.2, 0) is 25.0 Å². The lowest BCUT2D eigenvalue weighted by Crippen LogP contribution is -2.71. The molecule has 31 heavy (non-hydrogen) atoms. The summed E-state index contributed by atoms with van der Waals surface area (Å²) < 4.78 is 5.94. The van der Waals surface area contributed by atoms with Crippen molar-refractivity contribution < 1.29 is 39.5 Å². The highest BCUT2D eigenvalue weighted by atomic mass is 35.5. The van der Waals surface area contributed by atoms with Gasteiger partial charge in [0.05, 0.1) is 21.1 Å². The van der Waals surface area contributed by atoms with Gasteiger partial charge in [-0.2, -0.15) is 0 Å². The third-order valence-corrected chi connectivity index (χ3v) is 6.41. The van der Waals surface area contributed by atoms with Gasteiger partial charge in [-0.1, -0.05) is 23.2 Å². The molecule has 0 aliphatic carbocycles. The Morgan fingerprint density at radius 1 is 1.06 bits per heavy atom. The van der Waals surface area contributed by atoms with Gasteiger partial charge in [-0.05, 0) is 44.5 Å². The lowest BCUT2D eigenvalue weighted by atomic mass is 9.72. The molecule has 2 heterocycles. The van der Waals surface area contributed by atoms with E-state index in [1.165, 1.54) is 12.1 Å². The molecule has 2 aromatic rings. The molecule has 168 valence electrons. The number of aliphatic hydroxyl groups is 4. The second kappa shape index (κ2) is 7.46. The molecule has 1 aromatic heterocycles. The van der Waals surface area contributed by atoms with E-state index in [0.29, 0.717) is 4.57 Å². The van der Waals surface area contributed by atoms with Crippen molar-refractivity contribution in [3.8, 4) is 0 Å². The van der Waals surface area contributed by atoms with Crippen LogP contribution in [0.5, 0.6) is 0 Å². The maximum atomic E-state index is 12.6. The van der Waals surface area contributed by atoms with Crippen LogP contribution in [0.1, 0.15) is 20.8 Å². The zero-order valence-corrected chi connectivity index (χ0v) is 18.5. The van der Waals surface area contributed by atoms with E-state index in [2.05, 4.69) is 4.98 Å². The number of aliphatic hydroxyl groups excluding tert-OH is 1. The molecule has 1 fully saturated rings. The Labute approximate surface area is 189 Å². The molecule has 0 spiro atoms. The van der Waals surface area contributed by atoms with Gasteiger partial charge in [-0.25, -0.2) is 4.98 Å². The number of nitrogens with zero attached hydrogens (tertiary/aromatic N) is 2. The van der Waals surface area contributed by atoms with Crippen molar-refractivity contribution in [3.05, 3.63) is 27.5 Å². The fourth-order valence-electron chi connectivity index (χ4n) is 3.81. The van der Waals surface area contributed by atoms with Crippen LogP contribution in [0.4, 0.5) is 0 Å². The van der Waals surface area contributed by atoms with Gasteiger partial charge in [0.2, 0.25) is 10.9 Å². The molecule has 13 heteroatoms. The third-order valence-electron chi connectivity index (χ3n) is 5.43. The number of Topliss-reactive ketones (excluding diaryl/α,β-unsaturated/α-hetero) is 3. The number of carbonyl (C=O) groups is 3. The van der Waals surface area contributed by atoms with Crippen LogP contribution in [0.25, 0.3) is 11.0 Å². The van der Waals surface area contributed by atoms with Gasteiger partial charge in [-0.15, -0.1) is 0 Å². The maximum Gasteiger partial charge on any atom is 0.297 e. The highest BCUT2D eigenvalue weighted by Crippen LogP contribution is 2.52. The first-order valence-corrected chi connectivity index (χ1v) is 9.87. The lowest BCUT2D eigenvalue weighted by Gasteiger charge is -2.40. The second-order valence-electron chi connectivity index (χ2n) is 7.26. The van der Waals surface area contributed by atoms with Crippen molar-refractivity contribution in [2.24, 2.45) is 0 Å². The van der Waals surface area contributed by atoms with Crippen LogP contribution in [0.2, 0.25) is 15.3 Å². The molecule has 1 aliphatic heterocycles. The highest BCUT2D eigenvalue weighted by molar-refractivity contribution is 6.42. The minimum absolute atomic E-state index is 0.0258. The smallest absolute Gasteiger partial charge is 0.297 e. The van der Waals surface area contributed by atoms with Gasteiger partial charge in [-0.3, -0.25) is 19.0 Å². The number of ketones is 3. The normalized spacial score (nSPS) is 31.7. The molecule has 4 N–H and O–H groups in total. The van der Waals surface area contributed by atoms with E-state index in [1.807, 2.05) is 0 Å². The van der Waals surface area contributed by atoms with Crippen LogP contribution in [0.15, 0.2) is 12.1 Å². The molecule has 1 aromatic carbocycles. The number of ether oxygens (including phenoxy) is 1. The average Bonchev–Trinajstić information content (AvgIpc) is 3.07. The molecule has 0 amide bonds. The standard InChI is InChI=1S/C18H17Cl3N2O8/c1-6(24)13(27)14-16(28,7(2)25)17(29,8(3)26)18(30,31-14)23-12-5-10(20)9(19)4-11(12)22-15(23)21/h4-5,13-14,27-30H,1-3H3/t13?,14-,16-,17+,18+/m1/s1. The first-order chi connectivity index (χ1) is 14.1. The predicted octanol–water partition coefficient (Wildman–Crippen LogP) is 0.588. The van der Waals surface area contributed by atoms with Crippen molar-refractivity contribution in [2.75, 3.05) is 0 Å². The number of hydrogen-bond acceptors (Lipinski definition) is 9. The number of carbonyl (C=O) groups excluding carboxylic acids is 3. The van der Waals surface area contributed by atoms with Crippen LogP contribution in [0, 0.1) is 0 Å². The summed E-state index contributed by atoms with van der Waals surface area (Å²) in [6.07, 6.45) is -4.46. The molecule has 5 atom stereocenters. The third kappa shape index (κ3) is 2.98. The van der Waals surface area contributed by atoms with Crippen LogP contribution in [0.3, 0.4) is 0 Å². The SMILES string of the molecule is CC(=O)C(O)[C@H]1O[C@](O)(n2c(Cl)nc3cc(Cl)c(Cl)cc32)[C@](O)(C(C)=O)[C@@]1(O)C(C)=O. The quantitative estimate of drug-likeness (QED) is 0.465. The number of benzene rings is 1. The fraction of sp³-hybridized carbons (Fsp3) is 0.444. The summed E-state index contributed by atoms with van der Waals surface area (Å²) in [5.74, 6) is -6.88. The van der Waals surface area contributed by atoms with Crippen molar-refractivity contribution in [3.63, 3.8) is 0 Å². The molecule has 0 bridgehead atoms. The molecule has 3 rings (SSSR count). The number of halogens is 3. The van der Waals surface area contributed by atoms with Gasteiger partial charge in [0, 0.05) is 0 Å². The maximum absolute atomic E-state index is 12.6. The first-order valence-electron chi connectivity index (χ1n) is 8.73. The summed E-state index contributed by atoms with van der Waals surface area (Å²) in [5.41, 5.74) is -6.75. The van der Waals surface area contributed by atoms with E-state index in [1.54, 1.807) is 0 Å². The van der Waals surface area contributed by atoms with Crippen LogP contribution < -0.4 is 0 Å². The minimum Gasteiger partial charge on any atom is -0.382 e. The highest BCUT2D eigenvalue weighted by Gasteiger charge is 2.80. The predicted molar refractivity (Wildman–Crippen MR) is 108 cm³/mol. The number of imidazole rings is 1. The molecule has 1 aliphatic rings. The molecule has 0 radical (unpaired) electrons. The van der Waals surface area contributed by atoms with Crippen molar-refractivity contribution in [1.82, 2.24) is 9.55 Å². The molecule has 1 saturated heterocycles. The van der Waals surface area contributed by atoms with E-state index in [9.17, 15) is 34.8 Å². The minimum atomic E-state index is -3.43. The first kappa shape index (κ1) is 24.0. The van der Waals surface area contributed by atoms with Crippen molar-refractivity contribution in [2.45, 2.75) is 50.1 Å². The Morgan fingerprint density at radius 2 is 1.61 bits per heavy atom. The van der Waals surface area contributed by atoms with Crippen molar-refractivity contribution >= 4 is 63.2 Å². The molecule has 0 saturated carbocycles. The Hall–Kier alpha value is -1.63. The summed E-state index contributed by atoms with van der Waals surface area (Å²) in [7, 11) is 0. The second-order valence-corrected chi connectivity index (χ2v) is 8.42. The Balaban J connectivity index is 2.44. The topological polar surface area (TPSA) is 159 Å². The van der Waals surface area contributed by atoms with Crippen LogP contribution >= 0.6 is 34.8 Å². The fourth-order valence-corrected chi connectivity index (χ4v) is 4.42. The molecule has 10 nitrogen and oxygen atoms in total. The summed E-state index contributed by atoms with van der Waals surface area (Å²) in [6, 6.07) is 2.45. The summed E-state index contributed by atoms with van der Waals surface area (Å²) in [6.45, 7) is 2.47. The van der Waals surface area contributed by atoms with E-state index in [0.717, 1.165) is 20.8 Å². The zero-order chi connectivity index (χ0) is 23.7. The number of aromatic nitrogens is 2. The summed E-state index contributed by atoms with van der Waals surface area (Å²) in [5, 5.41) is 43.9. The molecular formula is C18H17Cl3N2O8. The Morgan fingerprint density at radius 3 is 2.10 bits per heavy atom. The van der Waals surface area contributed by atoms with E-state index >= 15 is 0 Å². The summed E-state index contributed by atoms with van der Waals surface area (Å²) >= 11 is 18.1. The molecule has 1 unspecified atom stereocenters. The Kier molecular flexibility index (Phi) is 5.78. The largest absolute Gasteiger partial charge is 0.382 e. The van der Waals surface area contributed by atoms with Gasteiger partial charge < -0.3 is 25.2 Å². The summed E-state index contributed by atoms with van der Waals surface area (Å²) in [4.78, 5) is 40.8. The van der Waals surface area contributed by atoms with Gasteiger partial charge in [0.25, 0.3) is 5.91 Å². The zero-order valence-electron chi connectivity index (χ0n) is 16.3. The van der Waals surface area contributed by atoms with Gasteiger partial charge >= 0.3 is 0 Å². The van der Waals surface area contributed by atoms with E-state index < -0.39 is 52.0 Å².